The normalized spacial score (nSPS) is 15.7. The van der Waals surface area contributed by atoms with Crippen LogP contribution in [0.5, 0.6) is 0 Å². The van der Waals surface area contributed by atoms with E-state index in [2.05, 4.69) is 77.8 Å². The lowest BCUT2D eigenvalue weighted by Crippen LogP contribution is -2.46. The van der Waals surface area contributed by atoms with E-state index in [0.717, 1.165) is 45.7 Å². The van der Waals surface area contributed by atoms with Gasteiger partial charge in [0.15, 0.2) is 17.5 Å². The number of hydrogen-bond acceptors (Lipinski definition) is 5. The Hall–Kier alpha value is -4.97. The van der Waals surface area contributed by atoms with E-state index in [-0.39, 0.29) is 6.04 Å². The van der Waals surface area contributed by atoms with Crippen LogP contribution in [0.25, 0.3) is 5.69 Å². The van der Waals surface area contributed by atoms with Crippen molar-refractivity contribution in [1.29, 1.82) is 0 Å². The number of fused-ring (bicyclic) bond motifs is 4. The Kier molecular flexibility index (Phi) is 4.96. The van der Waals surface area contributed by atoms with Crippen LogP contribution >= 0.6 is 0 Å². The molecule has 1 atom stereocenters. The van der Waals surface area contributed by atoms with Crippen LogP contribution in [0.1, 0.15) is 22.9 Å². The van der Waals surface area contributed by atoms with E-state index in [1.54, 1.807) is 0 Å². The van der Waals surface area contributed by atoms with Crippen molar-refractivity contribution in [3.63, 3.8) is 0 Å². The van der Waals surface area contributed by atoms with Gasteiger partial charge in [0.25, 0.3) is 0 Å². The standard InChI is InChI=1S/C31H24N6/c1-21-27-28(22-13-5-2-6-14-22)36-26-20-12-11-19-25(26)33-29(32-23-15-7-3-8-16-23)31(36)34-30(27)37(35-21)24-17-9-4-10-18-24/h2-20,28H,1H3,(H,32,33)/t28-/m1/s1. The molecule has 0 radical (unpaired) electrons. The van der Waals surface area contributed by atoms with E-state index in [1.807, 2.05) is 59.3 Å². The molecule has 0 fully saturated rings. The Bertz CT molecular complexity index is 1650. The number of aromatic nitrogens is 2. The molecule has 1 N–H and O–H groups in total. The van der Waals surface area contributed by atoms with Gasteiger partial charge in [-0.3, -0.25) is 0 Å². The van der Waals surface area contributed by atoms with E-state index in [9.17, 15) is 0 Å². The maximum Gasteiger partial charge on any atom is 0.179 e. The molecule has 2 aliphatic heterocycles. The summed E-state index contributed by atoms with van der Waals surface area (Å²) in [6, 6.07) is 39.0. The SMILES string of the molecule is Cc1nn(-c2ccccc2)c2c1[C@@H](c1ccccc1)N1C(=N2)C(Nc2ccccc2)=Nc2ccccc21. The van der Waals surface area contributed by atoms with Gasteiger partial charge < -0.3 is 10.2 Å². The van der Waals surface area contributed by atoms with Crippen molar-refractivity contribution in [3.8, 4) is 5.69 Å². The minimum absolute atomic E-state index is 0.120. The third-order valence-corrected chi connectivity index (χ3v) is 6.79. The number of nitrogens with one attached hydrogen (secondary N) is 1. The number of nitrogens with zero attached hydrogens (tertiary/aromatic N) is 5. The summed E-state index contributed by atoms with van der Waals surface area (Å²) in [5, 5.41) is 8.52. The molecular formula is C31H24N6. The number of rotatable bonds is 3. The van der Waals surface area contributed by atoms with Crippen molar-refractivity contribution in [2.24, 2.45) is 9.98 Å². The van der Waals surface area contributed by atoms with Crippen LogP contribution in [-0.4, -0.2) is 21.5 Å². The zero-order chi connectivity index (χ0) is 24.8. The van der Waals surface area contributed by atoms with Gasteiger partial charge in [0.2, 0.25) is 0 Å². The molecule has 6 nitrogen and oxygen atoms in total. The van der Waals surface area contributed by atoms with Crippen molar-refractivity contribution < 1.29 is 0 Å². The number of anilines is 2. The van der Waals surface area contributed by atoms with Gasteiger partial charge in [-0.2, -0.15) is 5.10 Å². The fourth-order valence-corrected chi connectivity index (χ4v) is 5.16. The number of hydrogen-bond donors (Lipinski definition) is 1. The van der Waals surface area contributed by atoms with Gasteiger partial charge in [-0.15, -0.1) is 0 Å². The molecule has 1 aromatic heterocycles. The fourth-order valence-electron chi connectivity index (χ4n) is 5.16. The third kappa shape index (κ3) is 3.53. The van der Waals surface area contributed by atoms with E-state index >= 15 is 0 Å². The molecule has 5 aromatic rings. The average molecular weight is 481 g/mol. The lowest BCUT2D eigenvalue weighted by molar-refractivity contribution is 0.815. The largest absolute Gasteiger partial charge is 0.337 e. The summed E-state index contributed by atoms with van der Waals surface area (Å²) in [5.41, 5.74) is 7.06. The molecule has 0 saturated heterocycles. The minimum Gasteiger partial charge on any atom is -0.337 e. The molecule has 0 aliphatic carbocycles. The number of amidine groups is 2. The molecule has 0 spiro atoms. The zero-order valence-corrected chi connectivity index (χ0v) is 20.3. The minimum atomic E-state index is -0.120. The highest BCUT2D eigenvalue weighted by Gasteiger charge is 2.41. The molecule has 0 unspecified atom stereocenters. The second-order valence-corrected chi connectivity index (χ2v) is 9.13. The van der Waals surface area contributed by atoms with Crippen LogP contribution < -0.4 is 10.2 Å². The topological polar surface area (TPSA) is 57.8 Å². The van der Waals surface area contributed by atoms with E-state index in [4.69, 9.17) is 15.1 Å². The first-order chi connectivity index (χ1) is 18.3. The summed E-state index contributed by atoms with van der Waals surface area (Å²) in [5.74, 6) is 2.29. The summed E-state index contributed by atoms with van der Waals surface area (Å²) < 4.78 is 1.95. The van der Waals surface area contributed by atoms with Crippen LogP contribution in [0, 0.1) is 6.92 Å². The molecule has 7 rings (SSSR count). The molecule has 0 bridgehead atoms. The van der Waals surface area contributed by atoms with E-state index in [1.165, 1.54) is 5.56 Å². The summed E-state index contributed by atoms with van der Waals surface area (Å²) in [6.07, 6.45) is 0. The van der Waals surface area contributed by atoms with Gasteiger partial charge in [-0.05, 0) is 48.9 Å². The van der Waals surface area contributed by atoms with Gasteiger partial charge in [0.1, 0.15) is 0 Å². The quantitative estimate of drug-likeness (QED) is 0.303. The Morgan fingerprint density at radius 2 is 1.35 bits per heavy atom. The Labute approximate surface area is 215 Å². The molecule has 2 aliphatic rings. The van der Waals surface area contributed by atoms with Gasteiger partial charge >= 0.3 is 0 Å². The van der Waals surface area contributed by atoms with Gasteiger partial charge in [0, 0.05) is 11.3 Å². The van der Waals surface area contributed by atoms with Crippen molar-refractivity contribution in [3.05, 3.63) is 132 Å². The first kappa shape index (κ1) is 21.3. The van der Waals surface area contributed by atoms with Crippen molar-refractivity contribution in [2.75, 3.05) is 10.2 Å². The summed E-state index contributed by atoms with van der Waals surface area (Å²) in [6.45, 7) is 2.07. The molecule has 0 saturated carbocycles. The first-order valence-electron chi connectivity index (χ1n) is 12.4. The van der Waals surface area contributed by atoms with Crippen LogP contribution in [0.3, 0.4) is 0 Å². The number of para-hydroxylation sites is 4. The highest BCUT2D eigenvalue weighted by Crippen LogP contribution is 2.48. The molecule has 3 heterocycles. The lowest BCUT2D eigenvalue weighted by atomic mass is 9.93. The zero-order valence-electron chi connectivity index (χ0n) is 20.3. The highest BCUT2D eigenvalue weighted by atomic mass is 15.4. The van der Waals surface area contributed by atoms with Crippen molar-refractivity contribution in [1.82, 2.24) is 9.78 Å². The Balaban J connectivity index is 1.51. The van der Waals surface area contributed by atoms with E-state index < -0.39 is 0 Å². The Morgan fingerprint density at radius 1 is 0.703 bits per heavy atom. The smallest absolute Gasteiger partial charge is 0.179 e. The predicted molar refractivity (Wildman–Crippen MR) is 150 cm³/mol. The van der Waals surface area contributed by atoms with Crippen LogP contribution in [0.4, 0.5) is 22.9 Å². The maximum atomic E-state index is 5.27. The first-order valence-corrected chi connectivity index (χ1v) is 12.4. The molecule has 4 aromatic carbocycles. The molecule has 178 valence electrons. The summed E-state index contributed by atoms with van der Waals surface area (Å²) in [7, 11) is 0. The van der Waals surface area contributed by atoms with Crippen LogP contribution in [-0.2, 0) is 0 Å². The predicted octanol–water partition coefficient (Wildman–Crippen LogP) is 6.98. The molecule has 0 amide bonds. The van der Waals surface area contributed by atoms with Crippen molar-refractivity contribution in [2.45, 2.75) is 13.0 Å². The number of aryl methyl sites for hydroxylation is 1. The Morgan fingerprint density at radius 3 is 2.11 bits per heavy atom. The van der Waals surface area contributed by atoms with Gasteiger partial charge in [-0.25, -0.2) is 14.7 Å². The summed E-state index contributed by atoms with van der Waals surface area (Å²) >= 11 is 0. The summed E-state index contributed by atoms with van der Waals surface area (Å²) in [4.78, 5) is 12.6. The second kappa shape index (κ2) is 8.60. The van der Waals surface area contributed by atoms with Gasteiger partial charge in [0.05, 0.1) is 28.8 Å². The average Bonchev–Trinajstić information content (AvgIpc) is 3.29. The molecule has 37 heavy (non-hydrogen) atoms. The van der Waals surface area contributed by atoms with Crippen LogP contribution in [0.2, 0.25) is 0 Å². The van der Waals surface area contributed by atoms with Crippen LogP contribution in [0.15, 0.2) is 125 Å². The maximum absolute atomic E-state index is 5.27. The molecule has 6 heteroatoms. The molecular weight excluding hydrogens is 456 g/mol. The highest BCUT2D eigenvalue weighted by molar-refractivity contribution is 6.51. The monoisotopic (exact) mass is 480 g/mol. The fraction of sp³-hybridized carbons (Fsp3) is 0.0645. The number of benzene rings is 4. The van der Waals surface area contributed by atoms with E-state index in [0.29, 0.717) is 5.84 Å². The lowest BCUT2D eigenvalue weighted by Gasteiger charge is -2.40. The second-order valence-electron chi connectivity index (χ2n) is 9.13. The number of aliphatic imine (C=N–C) groups is 2. The third-order valence-electron chi connectivity index (χ3n) is 6.79. The van der Waals surface area contributed by atoms with Gasteiger partial charge in [-0.1, -0.05) is 78.9 Å². The van der Waals surface area contributed by atoms with Crippen molar-refractivity contribution >= 4 is 34.6 Å².